The van der Waals surface area contributed by atoms with Crippen molar-refractivity contribution >= 4 is 13.7 Å². The van der Waals surface area contributed by atoms with Crippen molar-refractivity contribution in [3.05, 3.63) is 60.8 Å². The monoisotopic (exact) mass is 891 g/mol. The summed E-state index contributed by atoms with van der Waals surface area (Å²) >= 11 is 0. The molecule has 2 N–H and O–H groups in total. The molecule has 8 nitrogen and oxygen atoms in total. The predicted octanol–water partition coefficient (Wildman–Crippen LogP) is 14.3. The highest BCUT2D eigenvalue weighted by Gasteiger charge is 2.23. The molecule has 9 heteroatoms. The Balaban J connectivity index is 3.65. The summed E-state index contributed by atoms with van der Waals surface area (Å²) in [5, 5.41) is 13.4. The Morgan fingerprint density at radius 2 is 0.984 bits per heavy atom. The number of allylic oxidation sites excluding steroid dienone is 9. The molecule has 0 heterocycles. The standard InChI is InChI=1S/C53H99N2O6P/c1-6-8-10-11-12-13-14-15-16-17-18-19-20-21-22-23-24-25-26-27-28-29-30-31-32-33-34-35-36-37-38-39-40-41-42-43-45-47-53(57)54-51(52(56)46-44-9-7-2)50-61-62(58,59)60-49-48-55(3,4)5/h8,10,12-13,15-16,18-19,44,46,51-52,56H,6-7,9,11,14,17,20-43,45,47-50H2,1-5H3,(H-,54,57,58,59)/b10-8-,13-12-,16-15-,19-18-,46-44+. The van der Waals surface area contributed by atoms with Gasteiger partial charge in [-0.2, -0.15) is 0 Å². The van der Waals surface area contributed by atoms with Crippen molar-refractivity contribution in [3.8, 4) is 0 Å². The Bertz CT molecular complexity index is 1190. The van der Waals surface area contributed by atoms with Gasteiger partial charge in [0.1, 0.15) is 13.2 Å². The molecular formula is C53H99N2O6P. The van der Waals surface area contributed by atoms with Gasteiger partial charge in [-0.25, -0.2) is 0 Å². The molecule has 0 saturated carbocycles. The van der Waals surface area contributed by atoms with Gasteiger partial charge in [-0.15, -0.1) is 0 Å². The lowest BCUT2D eigenvalue weighted by molar-refractivity contribution is -0.870. The van der Waals surface area contributed by atoms with Gasteiger partial charge in [0.15, 0.2) is 0 Å². The number of hydrogen-bond acceptors (Lipinski definition) is 6. The van der Waals surface area contributed by atoms with Crippen molar-refractivity contribution in [2.45, 2.75) is 231 Å². The summed E-state index contributed by atoms with van der Waals surface area (Å²) in [6.07, 6.45) is 59.8. The molecule has 0 aromatic carbocycles. The number of phosphoric ester groups is 1. The summed E-state index contributed by atoms with van der Waals surface area (Å²) < 4.78 is 22.9. The van der Waals surface area contributed by atoms with E-state index in [0.717, 1.165) is 57.8 Å². The second-order valence-corrected chi connectivity index (χ2v) is 19.9. The van der Waals surface area contributed by atoms with Crippen LogP contribution in [0.1, 0.15) is 219 Å². The number of nitrogens with zero attached hydrogens (tertiary/aromatic N) is 1. The van der Waals surface area contributed by atoms with Crippen LogP contribution in [0.5, 0.6) is 0 Å². The molecule has 0 radical (unpaired) electrons. The molecule has 3 unspecified atom stereocenters. The van der Waals surface area contributed by atoms with Crippen LogP contribution in [0.25, 0.3) is 0 Å². The molecular weight excluding hydrogens is 792 g/mol. The normalized spacial score (nSPS) is 14.6. The lowest BCUT2D eigenvalue weighted by Gasteiger charge is -2.29. The number of nitrogens with one attached hydrogen (secondary N) is 1. The van der Waals surface area contributed by atoms with E-state index >= 15 is 0 Å². The van der Waals surface area contributed by atoms with Crippen LogP contribution in [-0.4, -0.2) is 68.5 Å². The fourth-order valence-electron chi connectivity index (χ4n) is 7.21. The fourth-order valence-corrected chi connectivity index (χ4v) is 7.93. The maximum absolute atomic E-state index is 12.7. The van der Waals surface area contributed by atoms with Crippen molar-refractivity contribution in [2.75, 3.05) is 40.9 Å². The Morgan fingerprint density at radius 1 is 0.581 bits per heavy atom. The highest BCUT2D eigenvalue weighted by Crippen LogP contribution is 2.38. The Morgan fingerprint density at radius 3 is 1.40 bits per heavy atom. The summed E-state index contributed by atoms with van der Waals surface area (Å²) in [4.78, 5) is 25.0. The van der Waals surface area contributed by atoms with Crippen molar-refractivity contribution in [3.63, 3.8) is 0 Å². The van der Waals surface area contributed by atoms with E-state index in [2.05, 4.69) is 60.8 Å². The topological polar surface area (TPSA) is 108 Å². The number of aliphatic hydroxyl groups excluding tert-OH is 1. The number of aliphatic hydroxyl groups is 1. The smallest absolute Gasteiger partial charge is 0.268 e. The number of hydrogen-bond donors (Lipinski definition) is 2. The van der Waals surface area contributed by atoms with E-state index in [-0.39, 0.29) is 19.1 Å². The first kappa shape index (κ1) is 60.2. The summed E-state index contributed by atoms with van der Waals surface area (Å²) in [6, 6.07) is -0.880. The SMILES string of the molecule is CC/C=C\C/C=C\C/C=C\C/C=C\CCCCCCCCCCCCCCCCCCCCCCCCCCC(=O)NC(COP(=O)([O-])OCC[N+](C)(C)C)C(O)/C=C/CCC. The van der Waals surface area contributed by atoms with Crippen LogP contribution in [0.4, 0.5) is 0 Å². The molecule has 0 aromatic heterocycles. The van der Waals surface area contributed by atoms with Gasteiger partial charge in [0.2, 0.25) is 5.91 Å². The zero-order valence-corrected chi connectivity index (χ0v) is 42.0. The number of carbonyl (C=O) groups is 1. The number of quaternary nitrogens is 1. The van der Waals surface area contributed by atoms with E-state index in [4.69, 9.17) is 9.05 Å². The maximum Gasteiger partial charge on any atom is 0.268 e. The number of carbonyl (C=O) groups excluding carboxylic acids is 1. The second kappa shape index (κ2) is 44.4. The summed E-state index contributed by atoms with van der Waals surface area (Å²) in [5.41, 5.74) is 0. The van der Waals surface area contributed by atoms with E-state index in [1.165, 1.54) is 141 Å². The molecule has 3 atom stereocenters. The van der Waals surface area contributed by atoms with E-state index in [0.29, 0.717) is 17.4 Å². The Kier molecular flexibility index (Phi) is 43.1. The van der Waals surface area contributed by atoms with Gasteiger partial charge in [0.25, 0.3) is 7.82 Å². The maximum atomic E-state index is 12.7. The van der Waals surface area contributed by atoms with E-state index in [9.17, 15) is 19.4 Å². The van der Waals surface area contributed by atoms with Gasteiger partial charge >= 0.3 is 0 Å². The lowest BCUT2D eigenvalue weighted by atomic mass is 10.0. The van der Waals surface area contributed by atoms with E-state index < -0.39 is 20.0 Å². The quantitative estimate of drug-likeness (QED) is 0.0273. The second-order valence-electron chi connectivity index (χ2n) is 18.5. The number of likely N-dealkylation sites (N-methyl/N-ethyl adjacent to an activating group) is 1. The third-order valence-corrected chi connectivity index (χ3v) is 12.2. The number of rotatable bonds is 46. The third-order valence-electron chi connectivity index (χ3n) is 11.2. The predicted molar refractivity (Wildman–Crippen MR) is 265 cm³/mol. The van der Waals surface area contributed by atoms with Gasteiger partial charge in [-0.05, 0) is 51.4 Å². The van der Waals surface area contributed by atoms with Crippen LogP contribution in [0.2, 0.25) is 0 Å². The largest absolute Gasteiger partial charge is 0.756 e. The lowest BCUT2D eigenvalue weighted by Crippen LogP contribution is -2.45. The van der Waals surface area contributed by atoms with Crippen molar-refractivity contribution in [1.82, 2.24) is 5.32 Å². The van der Waals surface area contributed by atoms with Crippen LogP contribution in [0.3, 0.4) is 0 Å². The van der Waals surface area contributed by atoms with E-state index in [1.807, 2.05) is 34.1 Å². The molecule has 0 bridgehead atoms. The van der Waals surface area contributed by atoms with Gasteiger partial charge in [0.05, 0.1) is 39.9 Å². The first-order chi connectivity index (χ1) is 30.0. The van der Waals surface area contributed by atoms with Gasteiger partial charge in [-0.3, -0.25) is 9.36 Å². The number of phosphoric acid groups is 1. The number of amides is 1. The number of unbranched alkanes of at least 4 members (excludes halogenated alkanes) is 25. The molecule has 362 valence electrons. The van der Waals surface area contributed by atoms with Gasteiger partial charge in [0, 0.05) is 6.42 Å². The zero-order chi connectivity index (χ0) is 45.7. The minimum absolute atomic E-state index is 0.00252. The molecule has 0 aromatic rings. The Hall–Kier alpha value is -1.80. The molecule has 0 aliphatic rings. The molecule has 1 amide bonds. The van der Waals surface area contributed by atoms with Crippen LogP contribution in [-0.2, 0) is 18.4 Å². The molecule has 0 aliphatic heterocycles. The van der Waals surface area contributed by atoms with Crippen molar-refractivity contribution in [2.24, 2.45) is 0 Å². The van der Waals surface area contributed by atoms with E-state index in [1.54, 1.807) is 6.08 Å². The minimum Gasteiger partial charge on any atom is -0.756 e. The van der Waals surface area contributed by atoms with Crippen LogP contribution < -0.4 is 10.2 Å². The zero-order valence-electron chi connectivity index (χ0n) is 41.1. The van der Waals surface area contributed by atoms with Crippen LogP contribution in [0, 0.1) is 0 Å². The first-order valence-corrected chi connectivity index (χ1v) is 27.1. The summed E-state index contributed by atoms with van der Waals surface area (Å²) in [5.74, 6) is -0.208. The van der Waals surface area contributed by atoms with Crippen molar-refractivity contribution in [1.29, 1.82) is 0 Å². The first-order valence-electron chi connectivity index (χ1n) is 25.7. The van der Waals surface area contributed by atoms with Crippen LogP contribution in [0.15, 0.2) is 60.8 Å². The molecule has 62 heavy (non-hydrogen) atoms. The average molecular weight is 891 g/mol. The molecule has 0 fully saturated rings. The highest BCUT2D eigenvalue weighted by molar-refractivity contribution is 7.45. The summed E-state index contributed by atoms with van der Waals surface area (Å²) in [6.45, 7) is 4.31. The summed E-state index contributed by atoms with van der Waals surface area (Å²) in [7, 11) is 1.26. The molecule has 0 aliphatic carbocycles. The van der Waals surface area contributed by atoms with Crippen LogP contribution >= 0.6 is 7.82 Å². The van der Waals surface area contributed by atoms with Crippen molar-refractivity contribution < 1.29 is 32.9 Å². The minimum atomic E-state index is -4.56. The molecule has 0 saturated heterocycles. The Labute approximate surface area is 383 Å². The molecule has 0 rings (SSSR count). The third kappa shape index (κ3) is 46.2. The average Bonchev–Trinajstić information content (AvgIpc) is 3.23. The molecule has 0 spiro atoms. The van der Waals surface area contributed by atoms with Gasteiger partial charge < -0.3 is 28.8 Å². The van der Waals surface area contributed by atoms with Gasteiger partial charge in [-0.1, -0.05) is 222 Å². The highest BCUT2D eigenvalue weighted by atomic mass is 31.2. The fraction of sp³-hybridized carbons (Fsp3) is 0.792.